The molecule has 1 saturated heterocycles. The van der Waals surface area contributed by atoms with E-state index < -0.39 is 10.0 Å². The Hall–Kier alpha value is -3.25. The second-order valence-electron chi connectivity index (χ2n) is 9.50. The lowest BCUT2D eigenvalue weighted by molar-refractivity contribution is -0.113. The average Bonchev–Trinajstić information content (AvgIpc) is 3.48. The van der Waals surface area contributed by atoms with Crippen molar-refractivity contribution in [2.24, 2.45) is 4.99 Å². The number of aliphatic imine (C=N–C) groups is 1. The van der Waals surface area contributed by atoms with Gasteiger partial charge in [0.1, 0.15) is 0 Å². The van der Waals surface area contributed by atoms with Gasteiger partial charge in [0.05, 0.1) is 33.4 Å². The van der Waals surface area contributed by atoms with Crippen molar-refractivity contribution in [1.29, 1.82) is 0 Å². The van der Waals surface area contributed by atoms with E-state index in [2.05, 4.69) is 9.89 Å². The summed E-state index contributed by atoms with van der Waals surface area (Å²) in [5, 5.41) is 5.48. The van der Waals surface area contributed by atoms with Crippen LogP contribution in [0.15, 0.2) is 75.6 Å². The number of amidine groups is 1. The highest BCUT2D eigenvalue weighted by Gasteiger charge is 2.31. The van der Waals surface area contributed by atoms with E-state index in [-0.39, 0.29) is 23.0 Å². The molecule has 1 fully saturated rings. The minimum absolute atomic E-state index is 0.0557. The molecule has 0 unspecified atom stereocenters. The molecule has 0 N–H and O–H groups in total. The summed E-state index contributed by atoms with van der Waals surface area (Å²) < 4.78 is 33.8. The number of benzene rings is 2. The Kier molecular flexibility index (Phi) is 7.28. The summed E-state index contributed by atoms with van der Waals surface area (Å²) in [7, 11) is -0.556. The molecule has 1 amide bonds. The van der Waals surface area contributed by atoms with Crippen LogP contribution in [0.25, 0.3) is 23.0 Å². The Labute approximate surface area is 226 Å². The summed E-state index contributed by atoms with van der Waals surface area (Å²) >= 11 is 1.35. The lowest BCUT2D eigenvalue weighted by Gasteiger charge is -2.35. The van der Waals surface area contributed by atoms with E-state index >= 15 is 0 Å². The first-order valence-electron chi connectivity index (χ1n) is 12.2. The van der Waals surface area contributed by atoms with Crippen molar-refractivity contribution in [3.05, 3.63) is 71.3 Å². The topological polar surface area (TPSA) is 97.1 Å². The van der Waals surface area contributed by atoms with Crippen LogP contribution in [0.2, 0.25) is 0 Å². The predicted octanol–water partition coefficient (Wildman–Crippen LogP) is 3.87. The predicted molar refractivity (Wildman–Crippen MR) is 149 cm³/mol. The summed E-state index contributed by atoms with van der Waals surface area (Å²) in [4.78, 5) is 20.0. The van der Waals surface area contributed by atoms with Crippen LogP contribution < -0.4 is 0 Å². The highest BCUT2D eigenvalue weighted by molar-refractivity contribution is 8.18. The Morgan fingerprint density at radius 1 is 1.03 bits per heavy atom. The number of sulfonamides is 1. The Balaban J connectivity index is 1.50. The van der Waals surface area contributed by atoms with Gasteiger partial charge in [0.15, 0.2) is 5.17 Å². The number of para-hydroxylation sites is 1. The van der Waals surface area contributed by atoms with E-state index in [4.69, 9.17) is 9.84 Å². The molecule has 0 spiro atoms. The Morgan fingerprint density at radius 2 is 1.68 bits per heavy atom. The molecule has 2 aliphatic rings. The largest absolute Gasteiger partial charge is 0.372 e. The normalized spacial score (nSPS) is 21.4. The van der Waals surface area contributed by atoms with Gasteiger partial charge in [0.25, 0.3) is 5.91 Å². The van der Waals surface area contributed by atoms with Gasteiger partial charge in [-0.05, 0) is 56.0 Å². The van der Waals surface area contributed by atoms with E-state index in [9.17, 15) is 13.2 Å². The zero-order chi connectivity index (χ0) is 27.0. The zero-order valence-corrected chi connectivity index (χ0v) is 23.2. The second-order valence-corrected chi connectivity index (χ2v) is 12.7. The molecule has 38 heavy (non-hydrogen) atoms. The number of hydrogen-bond donors (Lipinski definition) is 0. The number of carbonyl (C=O) groups is 1. The van der Waals surface area contributed by atoms with Gasteiger partial charge in [-0.3, -0.25) is 4.79 Å². The minimum atomic E-state index is -3.56. The summed E-state index contributed by atoms with van der Waals surface area (Å²) in [5.74, 6) is -0.289. The van der Waals surface area contributed by atoms with Gasteiger partial charge in [-0.15, -0.1) is 0 Å². The molecule has 0 aliphatic carbocycles. The van der Waals surface area contributed by atoms with Crippen molar-refractivity contribution in [2.75, 3.05) is 27.2 Å². The SMILES string of the molecule is C[C@@H]1CN(C2=NC(=O)/C(=C/c3cn(-c4ccccc4)nc3-c3ccc(S(=O)(=O)N(C)C)cc3)S2)C[C@H](C)O1. The lowest BCUT2D eigenvalue weighted by atomic mass is 10.1. The second kappa shape index (κ2) is 10.5. The van der Waals surface area contributed by atoms with Crippen molar-refractivity contribution < 1.29 is 17.9 Å². The Bertz CT molecular complexity index is 1500. The van der Waals surface area contributed by atoms with Crippen molar-refractivity contribution in [3.8, 4) is 16.9 Å². The highest BCUT2D eigenvalue weighted by Crippen LogP contribution is 2.34. The number of thioether (sulfide) groups is 1. The first-order valence-corrected chi connectivity index (χ1v) is 14.5. The molecule has 2 atom stereocenters. The van der Waals surface area contributed by atoms with Crippen LogP contribution in [0.4, 0.5) is 0 Å². The minimum Gasteiger partial charge on any atom is -0.372 e. The van der Waals surface area contributed by atoms with Gasteiger partial charge in [0, 0.05) is 44.5 Å². The maximum absolute atomic E-state index is 12.9. The fourth-order valence-corrected chi connectivity index (χ4v) is 6.26. The number of morpholine rings is 1. The summed E-state index contributed by atoms with van der Waals surface area (Å²) in [5.41, 5.74) is 2.96. The van der Waals surface area contributed by atoms with E-state index in [1.54, 1.807) is 28.9 Å². The van der Waals surface area contributed by atoms with Crippen LogP contribution >= 0.6 is 11.8 Å². The van der Waals surface area contributed by atoms with Gasteiger partial charge in [-0.25, -0.2) is 17.4 Å². The molecule has 1 aromatic heterocycles. The molecule has 5 rings (SSSR count). The van der Waals surface area contributed by atoms with Gasteiger partial charge >= 0.3 is 0 Å². The van der Waals surface area contributed by atoms with Gasteiger partial charge in [0.2, 0.25) is 10.0 Å². The van der Waals surface area contributed by atoms with Crippen LogP contribution in [0.3, 0.4) is 0 Å². The molecule has 0 saturated carbocycles. The van der Waals surface area contributed by atoms with Crippen molar-refractivity contribution in [1.82, 2.24) is 19.0 Å². The number of aromatic nitrogens is 2. The molecule has 9 nitrogen and oxygen atoms in total. The van der Waals surface area contributed by atoms with Crippen molar-refractivity contribution in [3.63, 3.8) is 0 Å². The molecule has 0 radical (unpaired) electrons. The standard InChI is InChI=1S/C27H29N5O4S2/c1-18-15-31(16-19(2)36-18)27-28-26(33)24(37-27)14-21-17-32(22-8-6-5-7-9-22)29-25(21)20-10-12-23(13-11-20)38(34,35)30(3)4/h5-14,17-19H,15-16H2,1-4H3/b24-14-/t18-,19+. The van der Waals surface area contributed by atoms with Crippen LogP contribution in [0.1, 0.15) is 19.4 Å². The fourth-order valence-electron chi connectivity index (χ4n) is 4.43. The molecular weight excluding hydrogens is 522 g/mol. The number of ether oxygens (including phenoxy) is 1. The van der Waals surface area contributed by atoms with E-state index in [0.29, 0.717) is 28.9 Å². The number of rotatable bonds is 5. The zero-order valence-electron chi connectivity index (χ0n) is 21.6. The molecule has 0 bridgehead atoms. The molecular formula is C27H29N5O4S2. The number of hydrogen-bond acceptors (Lipinski definition) is 7. The van der Waals surface area contributed by atoms with Crippen LogP contribution in [-0.2, 0) is 19.6 Å². The van der Waals surface area contributed by atoms with Gasteiger partial charge < -0.3 is 9.64 Å². The summed E-state index contributed by atoms with van der Waals surface area (Å²) in [6.07, 6.45) is 3.79. The maximum Gasteiger partial charge on any atom is 0.286 e. The Morgan fingerprint density at radius 3 is 2.32 bits per heavy atom. The lowest BCUT2D eigenvalue weighted by Crippen LogP contribution is -2.47. The van der Waals surface area contributed by atoms with Gasteiger partial charge in [-0.2, -0.15) is 10.1 Å². The third kappa shape index (κ3) is 5.32. The first kappa shape index (κ1) is 26.4. The van der Waals surface area contributed by atoms with E-state index in [1.807, 2.05) is 56.5 Å². The first-order chi connectivity index (χ1) is 18.1. The highest BCUT2D eigenvalue weighted by atomic mass is 32.2. The third-order valence-corrected chi connectivity index (χ3v) is 9.13. The third-order valence-electron chi connectivity index (χ3n) is 6.26. The van der Waals surface area contributed by atoms with Gasteiger partial charge in [-0.1, -0.05) is 30.3 Å². The molecule has 3 aromatic rings. The van der Waals surface area contributed by atoms with Crippen molar-refractivity contribution >= 4 is 38.9 Å². The maximum atomic E-state index is 12.9. The van der Waals surface area contributed by atoms with Crippen LogP contribution in [0, 0.1) is 0 Å². The number of carbonyl (C=O) groups excluding carboxylic acids is 1. The molecule has 11 heteroatoms. The number of nitrogens with zero attached hydrogens (tertiary/aromatic N) is 5. The van der Waals surface area contributed by atoms with E-state index in [1.165, 1.54) is 30.2 Å². The molecule has 198 valence electrons. The van der Waals surface area contributed by atoms with E-state index in [0.717, 1.165) is 16.8 Å². The molecule has 2 aromatic carbocycles. The monoisotopic (exact) mass is 551 g/mol. The smallest absolute Gasteiger partial charge is 0.286 e. The molecule has 2 aliphatic heterocycles. The summed E-state index contributed by atoms with van der Waals surface area (Å²) in [6.45, 7) is 5.38. The fraction of sp³-hybridized carbons (Fsp3) is 0.296. The van der Waals surface area contributed by atoms with Crippen molar-refractivity contribution in [2.45, 2.75) is 31.0 Å². The summed E-state index contributed by atoms with van der Waals surface area (Å²) in [6, 6.07) is 16.3. The molecule has 3 heterocycles. The van der Waals surface area contributed by atoms with Crippen LogP contribution in [-0.4, -0.2) is 77.9 Å². The average molecular weight is 552 g/mol. The van der Waals surface area contributed by atoms with Crippen LogP contribution in [0.5, 0.6) is 0 Å². The number of amides is 1. The quantitative estimate of drug-likeness (QED) is 0.444.